The van der Waals surface area contributed by atoms with E-state index in [0.29, 0.717) is 11.5 Å². The number of carbonyl (C=O) groups excluding carboxylic acids is 2. The molecular formula is C24H34N3O4+. The van der Waals surface area contributed by atoms with Gasteiger partial charge in [-0.3, -0.25) is 9.59 Å². The number of nitrogens with one attached hydrogen (secondary N) is 2. The van der Waals surface area contributed by atoms with Gasteiger partial charge in [0, 0.05) is 19.2 Å². The summed E-state index contributed by atoms with van der Waals surface area (Å²) in [6.45, 7) is 4.66. The first-order chi connectivity index (χ1) is 14.7. The molecule has 2 N–H and O–H groups in total. The first-order valence-corrected chi connectivity index (χ1v) is 10.4. The number of hydrogen-bond acceptors (Lipinski definition) is 4. The van der Waals surface area contributed by atoms with E-state index in [1.165, 1.54) is 4.90 Å². The summed E-state index contributed by atoms with van der Waals surface area (Å²) in [7, 11) is 6.88. The molecule has 168 valence electrons. The molecule has 0 aliphatic carbocycles. The highest BCUT2D eigenvalue weighted by Crippen LogP contribution is 2.27. The van der Waals surface area contributed by atoms with Gasteiger partial charge in [-0.2, -0.15) is 0 Å². The van der Waals surface area contributed by atoms with Gasteiger partial charge in [-0.15, -0.1) is 0 Å². The highest BCUT2D eigenvalue weighted by atomic mass is 16.5. The van der Waals surface area contributed by atoms with Crippen molar-refractivity contribution in [1.29, 1.82) is 0 Å². The van der Waals surface area contributed by atoms with Crippen LogP contribution in [-0.2, 0) is 16.0 Å². The number of benzene rings is 2. The van der Waals surface area contributed by atoms with Crippen molar-refractivity contribution >= 4 is 17.5 Å². The summed E-state index contributed by atoms with van der Waals surface area (Å²) < 4.78 is 10.6. The number of carbonyl (C=O) groups is 2. The Morgan fingerprint density at radius 2 is 1.71 bits per heavy atom. The first kappa shape index (κ1) is 24.2. The quantitative estimate of drug-likeness (QED) is 0.602. The number of nitrogens with zero attached hydrogens (tertiary/aromatic N) is 1. The smallest absolute Gasteiger partial charge is 0.280 e. The van der Waals surface area contributed by atoms with Crippen LogP contribution in [0, 0.1) is 6.92 Å². The van der Waals surface area contributed by atoms with E-state index in [1.54, 1.807) is 21.3 Å². The van der Waals surface area contributed by atoms with Gasteiger partial charge in [0.15, 0.2) is 17.5 Å². The molecule has 2 atom stereocenters. The normalized spacial score (nSPS) is 12.6. The SMILES string of the molecule is COc1ccc(CC[NH+](C)[C@@H](C)C(=O)N(C)CC(=O)Nc2ccc(C)cc2)cc1OC. The summed E-state index contributed by atoms with van der Waals surface area (Å²) >= 11 is 0. The zero-order valence-corrected chi connectivity index (χ0v) is 19.3. The lowest BCUT2D eigenvalue weighted by Crippen LogP contribution is -3.14. The summed E-state index contributed by atoms with van der Waals surface area (Å²) in [5.74, 6) is 1.11. The molecule has 0 spiro atoms. The lowest BCUT2D eigenvalue weighted by Gasteiger charge is -2.25. The van der Waals surface area contributed by atoms with Gasteiger partial charge in [0.2, 0.25) is 5.91 Å². The van der Waals surface area contributed by atoms with Crippen LogP contribution in [0.2, 0.25) is 0 Å². The summed E-state index contributed by atoms with van der Waals surface area (Å²) in [6.07, 6.45) is 0.793. The van der Waals surface area contributed by atoms with Crippen LogP contribution in [0.15, 0.2) is 42.5 Å². The van der Waals surface area contributed by atoms with Crippen LogP contribution < -0.4 is 19.7 Å². The fourth-order valence-electron chi connectivity index (χ4n) is 3.27. The number of quaternary nitrogens is 1. The minimum atomic E-state index is -0.266. The van der Waals surface area contributed by atoms with Crippen molar-refractivity contribution in [2.45, 2.75) is 26.3 Å². The Balaban J connectivity index is 1.86. The number of likely N-dealkylation sites (N-methyl/N-ethyl adjacent to an activating group) is 2. The maximum absolute atomic E-state index is 12.8. The van der Waals surface area contributed by atoms with E-state index in [9.17, 15) is 9.59 Å². The number of ether oxygens (including phenoxy) is 2. The highest BCUT2D eigenvalue weighted by Gasteiger charge is 2.26. The predicted octanol–water partition coefficient (Wildman–Crippen LogP) is 1.56. The minimum Gasteiger partial charge on any atom is -0.493 e. The van der Waals surface area contributed by atoms with Gasteiger partial charge in [0.25, 0.3) is 5.91 Å². The topological polar surface area (TPSA) is 72.3 Å². The molecule has 1 unspecified atom stereocenters. The third-order valence-electron chi connectivity index (χ3n) is 5.46. The van der Waals surface area contributed by atoms with E-state index in [4.69, 9.17) is 9.47 Å². The number of anilines is 1. The van der Waals surface area contributed by atoms with Crippen molar-refractivity contribution in [2.24, 2.45) is 0 Å². The van der Waals surface area contributed by atoms with E-state index in [2.05, 4.69) is 5.32 Å². The third-order valence-corrected chi connectivity index (χ3v) is 5.46. The van der Waals surface area contributed by atoms with Gasteiger partial charge < -0.3 is 24.6 Å². The molecule has 2 rings (SSSR count). The van der Waals surface area contributed by atoms with Crippen LogP contribution in [0.5, 0.6) is 11.5 Å². The second-order valence-corrected chi connectivity index (χ2v) is 7.87. The molecule has 0 saturated heterocycles. The number of amides is 2. The van der Waals surface area contributed by atoms with E-state index in [-0.39, 0.29) is 24.4 Å². The van der Waals surface area contributed by atoms with Crippen molar-refractivity contribution in [3.05, 3.63) is 53.6 Å². The molecule has 7 heteroatoms. The van der Waals surface area contributed by atoms with E-state index in [0.717, 1.165) is 34.7 Å². The second-order valence-electron chi connectivity index (χ2n) is 7.87. The fourth-order valence-corrected chi connectivity index (χ4v) is 3.27. The predicted molar refractivity (Wildman–Crippen MR) is 122 cm³/mol. The van der Waals surface area contributed by atoms with Crippen LogP contribution in [-0.4, -0.2) is 64.2 Å². The Bertz CT molecular complexity index is 883. The average Bonchev–Trinajstić information content (AvgIpc) is 2.77. The monoisotopic (exact) mass is 428 g/mol. The van der Waals surface area contributed by atoms with Crippen LogP contribution >= 0.6 is 0 Å². The Labute approximate surface area is 184 Å². The van der Waals surface area contributed by atoms with Gasteiger partial charge in [-0.05, 0) is 43.7 Å². The average molecular weight is 429 g/mol. The number of hydrogen-bond donors (Lipinski definition) is 2. The molecule has 2 aromatic carbocycles. The zero-order valence-electron chi connectivity index (χ0n) is 19.3. The molecule has 0 fully saturated rings. The lowest BCUT2D eigenvalue weighted by molar-refractivity contribution is -0.894. The lowest BCUT2D eigenvalue weighted by atomic mass is 10.1. The number of aryl methyl sites for hydroxylation is 1. The Morgan fingerprint density at radius 3 is 2.32 bits per heavy atom. The van der Waals surface area contributed by atoms with Crippen molar-refractivity contribution < 1.29 is 24.0 Å². The molecule has 0 radical (unpaired) electrons. The van der Waals surface area contributed by atoms with Gasteiger partial charge in [0.1, 0.15) is 0 Å². The molecule has 0 aromatic heterocycles. The van der Waals surface area contributed by atoms with Crippen LogP contribution in [0.3, 0.4) is 0 Å². The van der Waals surface area contributed by atoms with Gasteiger partial charge in [-0.25, -0.2) is 0 Å². The maximum Gasteiger partial charge on any atom is 0.280 e. The summed E-state index contributed by atoms with van der Waals surface area (Å²) in [5, 5.41) is 2.83. The zero-order chi connectivity index (χ0) is 23.0. The fraction of sp³-hybridized carbons (Fsp3) is 0.417. The molecule has 2 aromatic rings. The van der Waals surface area contributed by atoms with Crippen molar-refractivity contribution in [1.82, 2.24) is 4.90 Å². The Hall–Kier alpha value is -3.06. The summed E-state index contributed by atoms with van der Waals surface area (Å²) in [4.78, 5) is 27.6. The van der Waals surface area contributed by atoms with Crippen molar-refractivity contribution in [3.8, 4) is 11.5 Å². The molecule has 7 nitrogen and oxygen atoms in total. The molecule has 2 amide bonds. The van der Waals surface area contributed by atoms with Gasteiger partial charge in [0.05, 0.1) is 34.4 Å². The van der Waals surface area contributed by atoms with Crippen LogP contribution in [0.25, 0.3) is 0 Å². The number of rotatable bonds is 10. The van der Waals surface area contributed by atoms with Gasteiger partial charge >= 0.3 is 0 Å². The highest BCUT2D eigenvalue weighted by molar-refractivity contribution is 5.94. The molecule has 0 aliphatic heterocycles. The van der Waals surface area contributed by atoms with Gasteiger partial charge in [-0.1, -0.05) is 23.8 Å². The summed E-state index contributed by atoms with van der Waals surface area (Å²) in [6, 6.07) is 13.2. The first-order valence-electron chi connectivity index (χ1n) is 10.4. The Kier molecular flexibility index (Phi) is 8.88. The van der Waals surface area contributed by atoms with Crippen LogP contribution in [0.4, 0.5) is 5.69 Å². The molecule has 0 saturated carbocycles. The molecular weight excluding hydrogens is 394 g/mol. The number of methoxy groups -OCH3 is 2. The molecule has 0 aliphatic rings. The Morgan fingerprint density at radius 1 is 1.06 bits per heavy atom. The molecule has 0 bridgehead atoms. The van der Waals surface area contributed by atoms with Crippen molar-refractivity contribution in [3.63, 3.8) is 0 Å². The summed E-state index contributed by atoms with van der Waals surface area (Å²) in [5.41, 5.74) is 2.96. The second kappa shape index (κ2) is 11.4. The minimum absolute atomic E-state index is 0.0139. The van der Waals surface area contributed by atoms with E-state index >= 15 is 0 Å². The third kappa shape index (κ3) is 7.00. The molecule has 0 heterocycles. The van der Waals surface area contributed by atoms with Crippen LogP contribution in [0.1, 0.15) is 18.1 Å². The maximum atomic E-state index is 12.8. The molecule has 31 heavy (non-hydrogen) atoms. The van der Waals surface area contributed by atoms with Crippen molar-refractivity contribution in [2.75, 3.05) is 46.7 Å². The largest absolute Gasteiger partial charge is 0.493 e. The standard InChI is InChI=1S/C24H33N3O4/c1-17-7-10-20(11-8-17)25-23(28)16-27(4)24(29)18(2)26(3)14-13-19-9-12-21(30-5)22(15-19)31-6/h7-12,15,18H,13-14,16H2,1-6H3,(H,25,28)/p+1/t18-/m0/s1. The van der Waals surface area contributed by atoms with E-state index < -0.39 is 0 Å². The van der Waals surface area contributed by atoms with E-state index in [1.807, 2.05) is 63.4 Å².